The summed E-state index contributed by atoms with van der Waals surface area (Å²) in [5, 5.41) is 20.3. The summed E-state index contributed by atoms with van der Waals surface area (Å²) in [7, 11) is 0. The molecule has 0 aliphatic rings. The molecule has 22 heavy (non-hydrogen) atoms. The Morgan fingerprint density at radius 1 is 1.36 bits per heavy atom. The van der Waals surface area contributed by atoms with Gasteiger partial charge in [0, 0.05) is 12.2 Å². The van der Waals surface area contributed by atoms with Gasteiger partial charge in [-0.15, -0.1) is 0 Å². The van der Waals surface area contributed by atoms with Gasteiger partial charge in [-0.05, 0) is 37.5 Å². The zero-order chi connectivity index (χ0) is 16.5. The second kappa shape index (κ2) is 8.56. The van der Waals surface area contributed by atoms with Crippen molar-refractivity contribution in [2.24, 2.45) is 0 Å². The lowest BCUT2D eigenvalue weighted by Gasteiger charge is -2.22. The Kier molecular flexibility index (Phi) is 6.75. The van der Waals surface area contributed by atoms with Gasteiger partial charge in [0.05, 0.1) is 18.6 Å². The van der Waals surface area contributed by atoms with Crippen molar-refractivity contribution in [3.05, 3.63) is 36.6 Å². The summed E-state index contributed by atoms with van der Waals surface area (Å²) in [5.74, 6) is 0. The highest BCUT2D eigenvalue weighted by Gasteiger charge is 2.17. The molecule has 0 heterocycles. The Hall–Kier alpha value is -2.70. The first-order valence-electron chi connectivity index (χ1n) is 6.79. The number of unbranched alkanes of at least 4 members (excludes halogenated alkanes) is 1. The van der Waals surface area contributed by atoms with Crippen molar-refractivity contribution < 1.29 is 24.5 Å². The molecule has 0 unspecified atom stereocenters. The molecule has 0 bridgehead atoms. The van der Waals surface area contributed by atoms with E-state index in [4.69, 9.17) is 9.84 Å². The van der Waals surface area contributed by atoms with Crippen LogP contribution >= 0.6 is 0 Å². The van der Waals surface area contributed by atoms with E-state index in [1.54, 1.807) is 19.1 Å². The molecule has 1 aromatic carbocycles. The molecule has 0 aliphatic carbocycles. The van der Waals surface area contributed by atoms with E-state index in [2.05, 4.69) is 11.9 Å². The van der Waals surface area contributed by atoms with Crippen molar-refractivity contribution in [2.45, 2.75) is 19.8 Å². The van der Waals surface area contributed by atoms with E-state index in [1.807, 2.05) is 0 Å². The van der Waals surface area contributed by atoms with Crippen molar-refractivity contribution >= 4 is 23.6 Å². The van der Waals surface area contributed by atoms with Gasteiger partial charge in [0.1, 0.15) is 0 Å². The summed E-state index contributed by atoms with van der Waals surface area (Å²) in [6, 6.07) is 4.78. The number of rotatable bonds is 8. The average Bonchev–Trinajstić information content (AvgIpc) is 2.44. The molecular weight excluding hydrogens is 288 g/mol. The maximum atomic E-state index is 11.4. The lowest BCUT2D eigenvalue weighted by Crippen LogP contribution is -2.31. The molecular formula is C15H20N2O5. The molecule has 1 aromatic rings. The van der Waals surface area contributed by atoms with Crippen LogP contribution in [0.1, 0.15) is 18.4 Å². The number of hydrogen-bond donors (Lipinski definition) is 3. The van der Waals surface area contributed by atoms with Crippen LogP contribution in [0.2, 0.25) is 0 Å². The van der Waals surface area contributed by atoms with Gasteiger partial charge in [0.15, 0.2) is 0 Å². The molecule has 0 radical (unpaired) electrons. The second-order valence-corrected chi connectivity index (χ2v) is 4.61. The minimum absolute atomic E-state index is 0.299. The highest BCUT2D eigenvalue weighted by molar-refractivity contribution is 5.90. The third-order valence-corrected chi connectivity index (χ3v) is 2.99. The Labute approximate surface area is 128 Å². The number of ether oxygens (including phenoxy) is 1. The molecule has 1 rings (SSSR count). The van der Waals surface area contributed by atoms with Crippen molar-refractivity contribution in [1.29, 1.82) is 0 Å². The van der Waals surface area contributed by atoms with Crippen molar-refractivity contribution in [3.8, 4) is 0 Å². The normalized spacial score (nSPS) is 9.86. The van der Waals surface area contributed by atoms with Crippen molar-refractivity contribution in [3.63, 3.8) is 0 Å². The summed E-state index contributed by atoms with van der Waals surface area (Å²) in [4.78, 5) is 23.3. The summed E-state index contributed by atoms with van der Waals surface area (Å²) in [6.07, 6.45) is 0.386. The number of hydrogen-bond acceptors (Lipinski definition) is 3. The first-order chi connectivity index (χ1) is 10.5. The Bertz CT molecular complexity index is 545. The Morgan fingerprint density at radius 3 is 2.68 bits per heavy atom. The molecule has 0 aromatic heterocycles. The van der Waals surface area contributed by atoms with Crippen LogP contribution in [0.5, 0.6) is 0 Å². The molecule has 120 valence electrons. The van der Waals surface area contributed by atoms with Crippen LogP contribution in [0.25, 0.3) is 0 Å². The zero-order valence-electron chi connectivity index (χ0n) is 12.4. The molecule has 3 N–H and O–H groups in total. The average molecular weight is 308 g/mol. The van der Waals surface area contributed by atoms with E-state index in [9.17, 15) is 14.7 Å². The predicted molar refractivity (Wildman–Crippen MR) is 83.6 cm³/mol. The fourth-order valence-electron chi connectivity index (χ4n) is 1.96. The fourth-order valence-corrected chi connectivity index (χ4v) is 1.96. The minimum Gasteiger partial charge on any atom is -0.502 e. The molecule has 2 amide bonds. The van der Waals surface area contributed by atoms with Gasteiger partial charge in [0.2, 0.25) is 0 Å². The van der Waals surface area contributed by atoms with E-state index < -0.39 is 12.2 Å². The van der Waals surface area contributed by atoms with E-state index in [0.29, 0.717) is 37.4 Å². The largest absolute Gasteiger partial charge is 0.502 e. The monoisotopic (exact) mass is 308 g/mol. The van der Waals surface area contributed by atoms with Gasteiger partial charge >= 0.3 is 12.2 Å². The van der Waals surface area contributed by atoms with Gasteiger partial charge in [-0.1, -0.05) is 12.6 Å². The van der Waals surface area contributed by atoms with Crippen molar-refractivity contribution in [2.75, 3.05) is 23.4 Å². The SMILES string of the molecule is C=COCCCCN(C(=O)O)c1cc(NC(=O)O)ccc1C. The molecule has 0 spiro atoms. The fraction of sp³-hybridized carbons (Fsp3) is 0.333. The van der Waals surface area contributed by atoms with Gasteiger partial charge in [-0.3, -0.25) is 10.2 Å². The third-order valence-electron chi connectivity index (χ3n) is 2.99. The maximum Gasteiger partial charge on any atom is 0.411 e. The number of nitrogens with one attached hydrogen (secondary N) is 1. The zero-order valence-corrected chi connectivity index (χ0v) is 12.4. The summed E-state index contributed by atoms with van der Waals surface area (Å²) in [5.41, 5.74) is 1.54. The van der Waals surface area contributed by atoms with Gasteiger partial charge in [0.25, 0.3) is 0 Å². The Balaban J connectivity index is 2.83. The van der Waals surface area contributed by atoms with E-state index >= 15 is 0 Å². The highest BCUT2D eigenvalue weighted by atomic mass is 16.5. The lowest BCUT2D eigenvalue weighted by molar-refractivity contribution is 0.200. The van der Waals surface area contributed by atoms with Crippen molar-refractivity contribution in [1.82, 2.24) is 0 Å². The molecule has 0 aliphatic heterocycles. The first kappa shape index (κ1) is 17.4. The predicted octanol–water partition coefficient (Wildman–Crippen LogP) is 3.51. The number of aryl methyl sites for hydroxylation is 1. The minimum atomic E-state index is -1.20. The number of nitrogens with zero attached hydrogens (tertiary/aromatic N) is 1. The van der Waals surface area contributed by atoms with Crippen LogP contribution in [-0.2, 0) is 4.74 Å². The summed E-state index contributed by atoms with van der Waals surface area (Å²) < 4.78 is 4.99. The van der Waals surface area contributed by atoms with Gasteiger partial charge in [-0.25, -0.2) is 9.59 Å². The second-order valence-electron chi connectivity index (χ2n) is 4.61. The summed E-state index contributed by atoms with van der Waals surface area (Å²) in [6.45, 7) is 5.99. The molecule has 0 saturated heterocycles. The van der Waals surface area contributed by atoms with Gasteiger partial charge in [-0.2, -0.15) is 0 Å². The van der Waals surface area contributed by atoms with Crippen LogP contribution in [-0.4, -0.2) is 35.6 Å². The molecule has 7 nitrogen and oxygen atoms in total. The molecule has 0 atom stereocenters. The Morgan fingerprint density at radius 2 is 2.09 bits per heavy atom. The van der Waals surface area contributed by atoms with Gasteiger partial charge < -0.3 is 14.9 Å². The quantitative estimate of drug-likeness (QED) is 0.504. The van der Waals surface area contributed by atoms with Crippen LogP contribution < -0.4 is 10.2 Å². The third kappa shape index (κ3) is 5.35. The maximum absolute atomic E-state index is 11.4. The number of benzene rings is 1. The standard InChI is InChI=1S/C15H20N2O5/c1-3-22-9-5-4-8-17(15(20)21)13-10-12(16-14(18)19)7-6-11(13)2/h3,6-7,10,16H,1,4-5,8-9H2,2H3,(H,18,19)(H,20,21). The molecule has 0 fully saturated rings. The first-order valence-corrected chi connectivity index (χ1v) is 6.79. The lowest BCUT2D eigenvalue weighted by atomic mass is 10.1. The van der Waals surface area contributed by atoms with E-state index in [0.717, 1.165) is 5.56 Å². The van der Waals surface area contributed by atoms with Crippen LogP contribution in [0.4, 0.5) is 21.0 Å². The van der Waals surface area contributed by atoms with Crippen LogP contribution in [0, 0.1) is 6.92 Å². The number of carbonyl (C=O) groups is 2. The van der Waals surface area contributed by atoms with E-state index in [-0.39, 0.29) is 0 Å². The topological polar surface area (TPSA) is 99.1 Å². The highest BCUT2D eigenvalue weighted by Crippen LogP contribution is 2.25. The molecule has 0 saturated carbocycles. The number of anilines is 2. The smallest absolute Gasteiger partial charge is 0.411 e. The number of carboxylic acid groups (broad SMARTS) is 2. The van der Waals surface area contributed by atoms with Crippen LogP contribution in [0.3, 0.4) is 0 Å². The summed E-state index contributed by atoms with van der Waals surface area (Å²) >= 11 is 0. The van der Waals surface area contributed by atoms with E-state index in [1.165, 1.54) is 17.2 Å². The molecule has 7 heteroatoms. The number of amides is 2. The van der Waals surface area contributed by atoms with Crippen LogP contribution in [0.15, 0.2) is 31.0 Å².